The van der Waals surface area contributed by atoms with Crippen molar-refractivity contribution < 1.29 is 4.74 Å². The molecule has 0 aliphatic carbocycles. The van der Waals surface area contributed by atoms with E-state index in [2.05, 4.69) is 11.8 Å². The first-order valence-corrected chi connectivity index (χ1v) is 7.87. The zero-order valence-corrected chi connectivity index (χ0v) is 13.3. The molecule has 1 unspecified atom stereocenters. The molecule has 0 aromatic heterocycles. The van der Waals surface area contributed by atoms with Crippen LogP contribution in [0.25, 0.3) is 0 Å². The minimum absolute atomic E-state index is 0.280. The summed E-state index contributed by atoms with van der Waals surface area (Å²) in [5.41, 5.74) is 7.63. The number of nitrogens with zero attached hydrogens (tertiary/aromatic N) is 1. The van der Waals surface area contributed by atoms with Crippen LogP contribution in [0.1, 0.15) is 31.7 Å². The molecular weight excluding hydrogens is 292 g/mol. The van der Waals surface area contributed by atoms with Crippen molar-refractivity contribution in [1.82, 2.24) is 0 Å². The number of halogens is 1. The van der Waals surface area contributed by atoms with Crippen LogP contribution in [0.5, 0.6) is 0 Å². The van der Waals surface area contributed by atoms with Gasteiger partial charge in [-0.15, -0.1) is 0 Å². The van der Waals surface area contributed by atoms with Gasteiger partial charge in [0.2, 0.25) is 0 Å². The molecule has 1 atom stereocenters. The smallest absolute Gasteiger partial charge is 0.107 e. The zero-order chi connectivity index (χ0) is 14.5. The van der Waals surface area contributed by atoms with Crippen LogP contribution in [0.4, 0.5) is 5.69 Å². The van der Waals surface area contributed by atoms with Crippen molar-refractivity contribution in [3.63, 3.8) is 0 Å². The predicted molar refractivity (Wildman–Crippen MR) is 88.8 cm³/mol. The molecule has 1 aromatic rings. The lowest BCUT2D eigenvalue weighted by atomic mass is 10.0. The highest BCUT2D eigenvalue weighted by molar-refractivity contribution is 7.80. The second-order valence-corrected chi connectivity index (χ2v) is 5.93. The number of nitrogens with two attached hydrogens (primary N) is 1. The highest BCUT2D eigenvalue weighted by Crippen LogP contribution is 2.30. The first-order chi connectivity index (χ1) is 9.63. The van der Waals surface area contributed by atoms with Crippen molar-refractivity contribution in [2.24, 2.45) is 5.73 Å². The van der Waals surface area contributed by atoms with Gasteiger partial charge in [0.15, 0.2) is 0 Å². The molecule has 2 rings (SSSR count). The van der Waals surface area contributed by atoms with Crippen molar-refractivity contribution in [2.45, 2.75) is 32.3 Å². The molecule has 5 heteroatoms. The number of ether oxygens (including phenoxy) is 1. The lowest BCUT2D eigenvalue weighted by molar-refractivity contribution is 0.0440. The van der Waals surface area contributed by atoms with Gasteiger partial charge in [-0.1, -0.05) is 36.8 Å². The summed E-state index contributed by atoms with van der Waals surface area (Å²) in [4.78, 5) is 2.63. The van der Waals surface area contributed by atoms with E-state index >= 15 is 0 Å². The van der Waals surface area contributed by atoms with E-state index in [1.54, 1.807) is 0 Å². The van der Waals surface area contributed by atoms with Gasteiger partial charge < -0.3 is 15.4 Å². The Morgan fingerprint density at radius 2 is 2.35 bits per heavy atom. The molecule has 1 aliphatic heterocycles. The molecule has 3 nitrogen and oxygen atoms in total. The van der Waals surface area contributed by atoms with Gasteiger partial charge in [-0.25, -0.2) is 0 Å². The number of piperidine rings is 1. The van der Waals surface area contributed by atoms with Gasteiger partial charge >= 0.3 is 0 Å². The van der Waals surface area contributed by atoms with Crippen LogP contribution in [-0.4, -0.2) is 30.8 Å². The summed E-state index contributed by atoms with van der Waals surface area (Å²) in [6.45, 7) is 4.80. The lowest BCUT2D eigenvalue weighted by Crippen LogP contribution is -2.40. The maximum absolute atomic E-state index is 6.24. The average Bonchev–Trinajstić information content (AvgIpc) is 2.44. The van der Waals surface area contributed by atoms with Gasteiger partial charge in [0, 0.05) is 25.4 Å². The van der Waals surface area contributed by atoms with E-state index in [1.807, 2.05) is 18.2 Å². The van der Waals surface area contributed by atoms with Crippen LogP contribution in [0.3, 0.4) is 0 Å². The van der Waals surface area contributed by atoms with Gasteiger partial charge in [-0.05, 0) is 31.4 Å². The molecule has 1 saturated heterocycles. The number of rotatable bonds is 5. The van der Waals surface area contributed by atoms with Crippen LogP contribution in [0, 0.1) is 0 Å². The Morgan fingerprint density at radius 3 is 3.05 bits per heavy atom. The summed E-state index contributed by atoms with van der Waals surface area (Å²) in [6.07, 6.45) is 3.55. The minimum Gasteiger partial charge on any atom is -0.389 e. The lowest BCUT2D eigenvalue weighted by Gasteiger charge is -2.35. The highest BCUT2D eigenvalue weighted by Gasteiger charge is 2.23. The van der Waals surface area contributed by atoms with Gasteiger partial charge in [0.1, 0.15) is 4.99 Å². The normalized spacial score (nSPS) is 19.1. The van der Waals surface area contributed by atoms with Crippen LogP contribution >= 0.6 is 23.8 Å². The Bertz CT molecular complexity index is 481. The zero-order valence-electron chi connectivity index (χ0n) is 11.8. The molecule has 0 saturated carbocycles. The van der Waals surface area contributed by atoms with Crippen molar-refractivity contribution in [3.05, 3.63) is 28.8 Å². The molecule has 0 spiro atoms. The van der Waals surface area contributed by atoms with E-state index in [-0.39, 0.29) is 6.10 Å². The summed E-state index contributed by atoms with van der Waals surface area (Å²) >= 11 is 11.4. The molecule has 0 bridgehead atoms. The summed E-state index contributed by atoms with van der Waals surface area (Å²) in [5, 5.41) is 0.617. The number of anilines is 1. The fourth-order valence-corrected chi connectivity index (χ4v) is 3.14. The van der Waals surface area contributed by atoms with Crippen molar-refractivity contribution in [3.8, 4) is 0 Å². The Kier molecular flexibility index (Phi) is 5.64. The fourth-order valence-electron chi connectivity index (χ4n) is 2.60. The van der Waals surface area contributed by atoms with Gasteiger partial charge in [0.05, 0.1) is 16.7 Å². The van der Waals surface area contributed by atoms with Crippen LogP contribution < -0.4 is 10.6 Å². The summed E-state index contributed by atoms with van der Waals surface area (Å²) < 4.78 is 5.88. The molecule has 1 heterocycles. The molecule has 20 heavy (non-hydrogen) atoms. The van der Waals surface area contributed by atoms with Crippen molar-refractivity contribution in [1.29, 1.82) is 0 Å². The maximum Gasteiger partial charge on any atom is 0.107 e. The molecule has 2 N–H and O–H groups in total. The third kappa shape index (κ3) is 3.62. The largest absolute Gasteiger partial charge is 0.389 e. The van der Waals surface area contributed by atoms with Crippen LogP contribution in [0.15, 0.2) is 18.2 Å². The first-order valence-electron chi connectivity index (χ1n) is 7.08. The van der Waals surface area contributed by atoms with Crippen molar-refractivity contribution >= 4 is 34.5 Å². The summed E-state index contributed by atoms with van der Waals surface area (Å²) in [7, 11) is 0. The molecule has 1 aromatic carbocycles. The quantitative estimate of drug-likeness (QED) is 0.846. The molecule has 1 fully saturated rings. The average molecular weight is 313 g/mol. The molecule has 110 valence electrons. The fraction of sp³-hybridized carbons (Fsp3) is 0.533. The van der Waals surface area contributed by atoms with Crippen LogP contribution in [-0.2, 0) is 4.74 Å². The maximum atomic E-state index is 6.24. The van der Waals surface area contributed by atoms with E-state index in [9.17, 15) is 0 Å². The Morgan fingerprint density at radius 1 is 1.55 bits per heavy atom. The van der Waals surface area contributed by atoms with Gasteiger partial charge in [-0.2, -0.15) is 0 Å². The Balaban J connectivity index is 2.18. The molecular formula is C15H21ClN2OS. The third-order valence-electron chi connectivity index (χ3n) is 3.51. The third-order valence-corrected chi connectivity index (χ3v) is 4.03. The van der Waals surface area contributed by atoms with E-state index in [4.69, 9.17) is 34.3 Å². The second kappa shape index (κ2) is 7.25. The van der Waals surface area contributed by atoms with E-state index < -0.39 is 0 Å². The van der Waals surface area contributed by atoms with E-state index in [1.165, 1.54) is 0 Å². The Hall–Kier alpha value is -0.840. The summed E-state index contributed by atoms with van der Waals surface area (Å²) in [5.74, 6) is 0. The number of hydrogen-bond acceptors (Lipinski definition) is 3. The minimum atomic E-state index is 0.280. The molecule has 0 radical (unpaired) electrons. The van der Waals surface area contributed by atoms with E-state index in [0.717, 1.165) is 50.2 Å². The van der Waals surface area contributed by atoms with Gasteiger partial charge in [0.25, 0.3) is 0 Å². The Labute approximate surface area is 131 Å². The molecule has 0 amide bonds. The van der Waals surface area contributed by atoms with E-state index in [0.29, 0.717) is 10.0 Å². The first kappa shape index (κ1) is 15.5. The van der Waals surface area contributed by atoms with Gasteiger partial charge in [-0.3, -0.25) is 0 Å². The van der Waals surface area contributed by atoms with Crippen LogP contribution in [0.2, 0.25) is 5.02 Å². The highest BCUT2D eigenvalue weighted by atomic mass is 35.5. The number of hydrogen-bond donors (Lipinski definition) is 1. The summed E-state index contributed by atoms with van der Waals surface area (Å²) in [6, 6.07) is 5.80. The SMILES string of the molecule is CCCOC1CCCN(c2cccc(Cl)c2C(N)=S)C1. The van der Waals surface area contributed by atoms with Crippen molar-refractivity contribution in [2.75, 3.05) is 24.6 Å². The second-order valence-electron chi connectivity index (χ2n) is 5.08. The number of benzene rings is 1. The predicted octanol–water partition coefficient (Wildman–Crippen LogP) is 3.37. The topological polar surface area (TPSA) is 38.5 Å². The monoisotopic (exact) mass is 312 g/mol. The number of thiocarbonyl (C=S) groups is 1. The standard InChI is InChI=1S/C15H21ClN2OS/c1-2-9-19-11-5-4-8-18(10-11)13-7-3-6-12(16)14(13)15(17)20/h3,6-7,11H,2,4-5,8-10H2,1H3,(H2,17,20). The molecule has 1 aliphatic rings.